The number of rotatable bonds is 6. The van der Waals surface area contributed by atoms with Gasteiger partial charge >= 0.3 is 0 Å². The van der Waals surface area contributed by atoms with E-state index in [0.717, 1.165) is 19.5 Å². The summed E-state index contributed by atoms with van der Waals surface area (Å²) in [6.45, 7) is 13.3. The van der Waals surface area contributed by atoms with E-state index in [4.69, 9.17) is 0 Å². The highest BCUT2D eigenvalue weighted by Gasteiger charge is 2.24. The zero-order valence-corrected chi connectivity index (χ0v) is 14.8. The van der Waals surface area contributed by atoms with E-state index in [1.165, 1.54) is 5.56 Å². The van der Waals surface area contributed by atoms with Crippen molar-refractivity contribution in [3.8, 4) is 0 Å². The minimum atomic E-state index is -0.195. The van der Waals surface area contributed by atoms with Gasteiger partial charge in [0.05, 0.1) is 4.47 Å². The first-order valence-electron chi connectivity index (χ1n) is 7.34. The highest BCUT2D eigenvalue weighted by atomic mass is 79.9. The Hall–Kier alpha value is -0.410. The molecule has 0 aromatic heterocycles. The van der Waals surface area contributed by atoms with Crippen molar-refractivity contribution in [1.82, 2.24) is 5.32 Å². The van der Waals surface area contributed by atoms with Gasteiger partial charge in [-0.2, -0.15) is 0 Å². The molecule has 0 amide bonds. The van der Waals surface area contributed by atoms with Crippen molar-refractivity contribution in [3.63, 3.8) is 0 Å². The number of benzene rings is 1. The summed E-state index contributed by atoms with van der Waals surface area (Å²) in [4.78, 5) is 0. The summed E-state index contributed by atoms with van der Waals surface area (Å²) < 4.78 is 13.9. The molecule has 0 radical (unpaired) electrons. The van der Waals surface area contributed by atoms with Gasteiger partial charge in [-0.05, 0) is 70.4 Å². The highest BCUT2D eigenvalue weighted by molar-refractivity contribution is 9.10. The number of nitrogens with one attached hydrogen (secondary N) is 1. The molecule has 1 nitrogen and oxygen atoms in total. The Kier molecular flexibility index (Phi) is 6.67. The van der Waals surface area contributed by atoms with Crippen LogP contribution in [0.2, 0.25) is 0 Å². The van der Waals surface area contributed by atoms with E-state index in [1.54, 1.807) is 6.07 Å². The molecular weight excluding hydrogens is 317 g/mol. The van der Waals surface area contributed by atoms with Crippen LogP contribution in [0, 0.1) is 23.1 Å². The normalized spacial score (nSPS) is 13.8. The molecule has 114 valence electrons. The summed E-state index contributed by atoms with van der Waals surface area (Å²) >= 11 is 3.27. The molecule has 0 aliphatic carbocycles. The molecule has 20 heavy (non-hydrogen) atoms. The number of halogens is 2. The first-order chi connectivity index (χ1) is 9.20. The lowest BCUT2D eigenvalue weighted by atomic mass is 9.77. The Bertz CT molecular complexity index is 423. The molecule has 1 aromatic rings. The van der Waals surface area contributed by atoms with Gasteiger partial charge in [0.25, 0.3) is 0 Å². The van der Waals surface area contributed by atoms with Crippen LogP contribution in [0.3, 0.4) is 0 Å². The topological polar surface area (TPSA) is 12.0 Å². The van der Waals surface area contributed by atoms with Gasteiger partial charge < -0.3 is 5.32 Å². The quantitative estimate of drug-likeness (QED) is 0.762. The summed E-state index contributed by atoms with van der Waals surface area (Å²) in [5.41, 5.74) is 1.41. The fourth-order valence-corrected chi connectivity index (χ4v) is 2.61. The van der Waals surface area contributed by atoms with Crippen molar-refractivity contribution in [3.05, 3.63) is 34.1 Å². The van der Waals surface area contributed by atoms with Crippen LogP contribution in [0.1, 0.15) is 40.2 Å². The van der Waals surface area contributed by atoms with E-state index < -0.39 is 0 Å². The van der Waals surface area contributed by atoms with Crippen molar-refractivity contribution >= 4 is 15.9 Å². The van der Waals surface area contributed by atoms with Crippen LogP contribution in [-0.2, 0) is 6.42 Å². The van der Waals surface area contributed by atoms with Crippen LogP contribution in [0.4, 0.5) is 4.39 Å². The molecule has 0 fully saturated rings. The molecule has 0 aliphatic rings. The summed E-state index contributed by atoms with van der Waals surface area (Å²) in [5.74, 6) is 0.994. The Morgan fingerprint density at radius 3 is 2.35 bits per heavy atom. The van der Waals surface area contributed by atoms with Crippen molar-refractivity contribution in [1.29, 1.82) is 0 Å². The maximum absolute atomic E-state index is 13.3. The molecule has 0 saturated heterocycles. The Balaban J connectivity index is 2.71. The van der Waals surface area contributed by atoms with Crippen molar-refractivity contribution in [2.75, 3.05) is 13.1 Å². The third kappa shape index (κ3) is 5.92. The molecule has 1 atom stereocenters. The van der Waals surface area contributed by atoms with Crippen LogP contribution in [-0.4, -0.2) is 13.1 Å². The highest BCUT2D eigenvalue weighted by Crippen LogP contribution is 2.29. The van der Waals surface area contributed by atoms with E-state index >= 15 is 0 Å². The first kappa shape index (κ1) is 17.6. The van der Waals surface area contributed by atoms with E-state index in [9.17, 15) is 4.39 Å². The molecule has 0 aliphatic heterocycles. The zero-order valence-electron chi connectivity index (χ0n) is 13.3. The molecule has 1 aromatic carbocycles. The number of hydrogen-bond donors (Lipinski definition) is 1. The molecule has 0 bridgehead atoms. The number of hydrogen-bond acceptors (Lipinski definition) is 1. The average molecular weight is 344 g/mol. The third-order valence-corrected chi connectivity index (χ3v) is 4.24. The standard InChI is InChI=1S/C17H27BrFN/c1-12(2)10-20-11-14(17(3,4)5)8-13-6-7-16(19)15(18)9-13/h6-7,9,12,14,20H,8,10-11H2,1-5H3. The van der Waals surface area contributed by atoms with Crippen LogP contribution in [0.5, 0.6) is 0 Å². The maximum Gasteiger partial charge on any atom is 0.137 e. The molecule has 0 spiro atoms. The third-order valence-electron chi connectivity index (χ3n) is 3.63. The molecule has 1 rings (SSSR count). The Labute approximate surface area is 131 Å². The minimum Gasteiger partial charge on any atom is -0.316 e. The predicted octanol–water partition coefficient (Wildman–Crippen LogP) is 5.04. The van der Waals surface area contributed by atoms with Gasteiger partial charge in [-0.3, -0.25) is 0 Å². The summed E-state index contributed by atoms with van der Waals surface area (Å²) in [6, 6.07) is 5.33. The second-order valence-electron chi connectivity index (χ2n) is 7.07. The van der Waals surface area contributed by atoms with Crippen molar-refractivity contribution in [2.45, 2.75) is 41.0 Å². The SMILES string of the molecule is CC(C)CNCC(Cc1ccc(F)c(Br)c1)C(C)(C)C. The molecule has 0 saturated carbocycles. The Morgan fingerprint density at radius 2 is 1.85 bits per heavy atom. The lowest BCUT2D eigenvalue weighted by molar-refractivity contribution is 0.228. The molecule has 0 heterocycles. The van der Waals surface area contributed by atoms with Crippen LogP contribution in [0.15, 0.2) is 22.7 Å². The summed E-state index contributed by atoms with van der Waals surface area (Å²) in [7, 11) is 0. The largest absolute Gasteiger partial charge is 0.316 e. The van der Waals surface area contributed by atoms with E-state index in [1.807, 2.05) is 12.1 Å². The smallest absolute Gasteiger partial charge is 0.137 e. The fraction of sp³-hybridized carbons (Fsp3) is 0.647. The Morgan fingerprint density at radius 1 is 1.20 bits per heavy atom. The van der Waals surface area contributed by atoms with Gasteiger partial charge in [0.1, 0.15) is 5.82 Å². The maximum atomic E-state index is 13.3. The van der Waals surface area contributed by atoms with Crippen LogP contribution < -0.4 is 5.32 Å². The second-order valence-corrected chi connectivity index (χ2v) is 7.92. The van der Waals surface area contributed by atoms with Crippen LogP contribution >= 0.6 is 15.9 Å². The van der Waals surface area contributed by atoms with Gasteiger partial charge in [0.15, 0.2) is 0 Å². The van der Waals surface area contributed by atoms with E-state index in [-0.39, 0.29) is 11.2 Å². The summed E-state index contributed by atoms with van der Waals surface area (Å²) in [6.07, 6.45) is 0.966. The summed E-state index contributed by atoms with van der Waals surface area (Å²) in [5, 5.41) is 3.55. The monoisotopic (exact) mass is 343 g/mol. The second kappa shape index (κ2) is 7.56. The van der Waals surface area contributed by atoms with Crippen molar-refractivity contribution < 1.29 is 4.39 Å². The lowest BCUT2D eigenvalue weighted by Crippen LogP contribution is -2.35. The van der Waals surface area contributed by atoms with E-state index in [0.29, 0.717) is 16.3 Å². The van der Waals surface area contributed by atoms with Gasteiger partial charge in [-0.25, -0.2) is 4.39 Å². The molecule has 1 unspecified atom stereocenters. The van der Waals surface area contributed by atoms with Gasteiger partial charge in [-0.15, -0.1) is 0 Å². The molecular formula is C17H27BrFN. The van der Waals surface area contributed by atoms with Gasteiger partial charge in [-0.1, -0.05) is 40.7 Å². The van der Waals surface area contributed by atoms with Crippen molar-refractivity contribution in [2.24, 2.45) is 17.3 Å². The minimum absolute atomic E-state index is 0.195. The van der Waals surface area contributed by atoms with E-state index in [2.05, 4.69) is 55.9 Å². The first-order valence-corrected chi connectivity index (χ1v) is 8.14. The van der Waals surface area contributed by atoms with Gasteiger partial charge in [0.2, 0.25) is 0 Å². The molecule has 1 N–H and O–H groups in total. The zero-order chi connectivity index (χ0) is 15.3. The fourth-order valence-electron chi connectivity index (χ4n) is 2.18. The average Bonchev–Trinajstić information content (AvgIpc) is 2.31. The predicted molar refractivity (Wildman–Crippen MR) is 88.5 cm³/mol. The molecule has 3 heteroatoms. The van der Waals surface area contributed by atoms with Gasteiger partial charge in [0, 0.05) is 0 Å². The lowest BCUT2D eigenvalue weighted by Gasteiger charge is -2.31. The van der Waals surface area contributed by atoms with Crippen LogP contribution in [0.25, 0.3) is 0 Å².